The van der Waals surface area contributed by atoms with Crippen molar-refractivity contribution in [2.45, 2.75) is 71.1 Å². The molecule has 0 heterocycles. The zero-order valence-corrected chi connectivity index (χ0v) is 18.3. The molecule has 0 aliphatic heterocycles. The van der Waals surface area contributed by atoms with Crippen molar-refractivity contribution in [2.24, 2.45) is 0 Å². The fraction of sp³-hybridized carbons (Fsp3) is 0.688. The van der Waals surface area contributed by atoms with Crippen molar-refractivity contribution in [2.75, 3.05) is 0 Å². The van der Waals surface area contributed by atoms with Crippen molar-refractivity contribution < 1.29 is 60.7 Å². The largest absolute Gasteiger partial charge is 2.00 e. The van der Waals surface area contributed by atoms with E-state index in [1.54, 1.807) is 5.75 Å². The number of hydrogen-bond donors (Lipinski definition) is 0. The molecule has 0 amide bonds. The molecule has 0 spiro atoms. The van der Waals surface area contributed by atoms with E-state index in [1.165, 1.54) is 64.2 Å². The molecule has 4 nitrogen and oxygen atoms in total. The predicted octanol–water partition coefficient (Wildman–Crippen LogP) is 4.46. The van der Waals surface area contributed by atoms with Gasteiger partial charge in [-0.3, -0.25) is 0 Å². The van der Waals surface area contributed by atoms with Crippen LogP contribution in [0.15, 0.2) is 0 Å². The van der Waals surface area contributed by atoms with Gasteiger partial charge >= 0.3 is 66.3 Å². The van der Waals surface area contributed by atoms with Crippen LogP contribution >= 0.6 is 0 Å². The van der Waals surface area contributed by atoms with Gasteiger partial charge in [0.15, 0.2) is 0 Å². The van der Waals surface area contributed by atoms with Gasteiger partial charge in [0.2, 0.25) is 0 Å². The van der Waals surface area contributed by atoms with Gasteiger partial charge in [0, 0.05) is 21.1 Å². The summed E-state index contributed by atoms with van der Waals surface area (Å²) >= 11 is 4.27. The molecule has 0 unspecified atom stereocenters. The zero-order chi connectivity index (χ0) is 17.8. The Kier molecular flexibility index (Phi) is 149. The summed E-state index contributed by atoms with van der Waals surface area (Å²) in [7, 11) is 0. The van der Waals surface area contributed by atoms with Crippen LogP contribution < -0.4 is 0 Å². The summed E-state index contributed by atoms with van der Waals surface area (Å²) < 4.78 is 30.0. The van der Waals surface area contributed by atoms with Crippen LogP contribution in [0.3, 0.4) is 0 Å². The summed E-state index contributed by atoms with van der Waals surface area (Å²) in [4.78, 5) is 0. The van der Waals surface area contributed by atoms with Crippen molar-refractivity contribution in [3.05, 3.63) is 32.4 Å². The van der Waals surface area contributed by atoms with Crippen LogP contribution in [-0.2, 0) is 73.4 Å². The van der Waals surface area contributed by atoms with Crippen molar-refractivity contribution in [1.82, 2.24) is 0 Å². The summed E-state index contributed by atoms with van der Waals surface area (Å²) in [6, 6.07) is 0. The molecule has 0 aromatic heterocycles. The standard InChI is InChI=1S/2C5H10.C2H4S.4CO.2Mo/c2*1-2-4-5-3-1;1-2-3;4*1-2;;/h2*1-5H2;2H,1H3;;;;;;/q;;-2;;;;;;+2. The summed E-state index contributed by atoms with van der Waals surface area (Å²) in [5.74, 6) is 1.58. The molecule has 0 aromatic carbocycles. The SMILES string of the molecule is C1CCCC1.C1CCCC1.C[CH-][S-].[C-]#[O+].[C-]#[O+].[C-]#[O+].[C-]#[O+].[Mo+2].[Mo]. The molecule has 130 valence electrons. The fourth-order valence-corrected chi connectivity index (χ4v) is 1.77. The third-order valence-corrected chi connectivity index (χ3v) is 2.50. The van der Waals surface area contributed by atoms with Crippen molar-refractivity contribution in [1.29, 1.82) is 0 Å². The molecule has 0 N–H and O–H groups in total. The first-order chi connectivity index (χ1) is 10.4. The maximum atomic E-state index is 7.50. The molecular weight excluding hydrogens is 480 g/mol. The Morgan fingerprint density at radius 2 is 0.609 bits per heavy atom. The van der Waals surface area contributed by atoms with E-state index < -0.39 is 0 Å². The van der Waals surface area contributed by atoms with Crippen molar-refractivity contribution in [3.63, 3.8) is 0 Å². The Hall–Kier alpha value is 0.687. The third kappa shape index (κ3) is 85.0. The minimum absolute atomic E-state index is 0. The quantitative estimate of drug-likeness (QED) is 0.208. The van der Waals surface area contributed by atoms with Gasteiger partial charge < -0.3 is 18.4 Å². The minimum Gasteiger partial charge on any atom is 0 e. The summed E-state index contributed by atoms with van der Waals surface area (Å²) in [6.45, 7) is 19.8. The topological polar surface area (TPSA) is 79.6 Å². The second-order valence-electron chi connectivity index (χ2n) is 3.77. The average Bonchev–Trinajstić information content (AvgIpc) is 3.33. The molecule has 2 aliphatic rings. The minimum atomic E-state index is 0. The van der Waals surface area contributed by atoms with E-state index in [9.17, 15) is 0 Å². The Morgan fingerprint density at radius 1 is 0.565 bits per heavy atom. The van der Waals surface area contributed by atoms with Crippen LogP contribution in [0.5, 0.6) is 0 Å². The molecule has 0 radical (unpaired) electrons. The molecule has 7 heteroatoms. The summed E-state index contributed by atoms with van der Waals surface area (Å²) in [5, 5.41) is 0. The van der Waals surface area contributed by atoms with Gasteiger partial charge in [0.25, 0.3) is 0 Å². The van der Waals surface area contributed by atoms with Gasteiger partial charge in [-0.25, -0.2) is 6.92 Å². The van der Waals surface area contributed by atoms with Crippen LogP contribution in [0.2, 0.25) is 0 Å². The second-order valence-corrected chi connectivity index (χ2v) is 4.24. The first kappa shape index (κ1) is 43.8. The van der Waals surface area contributed by atoms with E-state index in [-0.39, 0.29) is 42.1 Å². The van der Waals surface area contributed by atoms with E-state index in [0.29, 0.717) is 0 Å². The van der Waals surface area contributed by atoms with Gasteiger partial charge in [-0.15, -0.1) is 0 Å². The third-order valence-electron chi connectivity index (χ3n) is 2.50. The number of hydrogen-bond acceptors (Lipinski definition) is 1. The van der Waals surface area contributed by atoms with Gasteiger partial charge in [-0.1, -0.05) is 64.2 Å². The fourth-order valence-electron chi connectivity index (χ4n) is 1.77. The first-order valence-corrected chi connectivity index (χ1v) is 7.10. The number of rotatable bonds is 0. The second kappa shape index (κ2) is 78.1. The van der Waals surface area contributed by atoms with Gasteiger partial charge in [-0.2, -0.15) is 0 Å². The van der Waals surface area contributed by atoms with E-state index in [0.717, 1.165) is 0 Å². The average molecular weight is 504 g/mol. The molecule has 2 rings (SSSR count). The molecule has 0 aromatic rings. The molecular formula is C16H24Mo2O4S. The van der Waals surface area contributed by atoms with Crippen molar-refractivity contribution >= 4 is 12.6 Å². The van der Waals surface area contributed by atoms with E-state index in [2.05, 4.69) is 39.2 Å². The maximum Gasteiger partial charge on any atom is 2.00 e. The molecule has 2 saturated carbocycles. The van der Waals surface area contributed by atoms with Gasteiger partial charge in [0.05, 0.1) is 0 Å². The molecule has 2 aliphatic carbocycles. The summed E-state index contributed by atoms with van der Waals surface area (Å²) in [6.07, 6.45) is 15.0. The molecule has 2 fully saturated rings. The normalized spacial score (nSPS) is 11.6. The molecule has 0 saturated heterocycles. The van der Waals surface area contributed by atoms with Crippen LogP contribution in [0.1, 0.15) is 71.1 Å². The first-order valence-electron chi connectivity index (χ1n) is 6.63. The van der Waals surface area contributed by atoms with Crippen LogP contribution in [-0.4, -0.2) is 0 Å². The van der Waals surface area contributed by atoms with Crippen molar-refractivity contribution in [3.8, 4) is 0 Å². The van der Waals surface area contributed by atoms with Crippen LogP contribution in [0.4, 0.5) is 0 Å². The van der Waals surface area contributed by atoms with Crippen LogP contribution in [0, 0.1) is 32.4 Å². The monoisotopic (exact) mass is 508 g/mol. The smallest absolute Gasteiger partial charge is 0 e. The maximum absolute atomic E-state index is 7.50. The van der Waals surface area contributed by atoms with E-state index in [1.807, 2.05) is 6.92 Å². The Balaban J connectivity index is -0.0000000271. The zero-order valence-electron chi connectivity index (χ0n) is 13.5. The van der Waals surface area contributed by atoms with E-state index >= 15 is 0 Å². The Labute approximate surface area is 176 Å². The van der Waals surface area contributed by atoms with Gasteiger partial charge in [-0.05, 0) is 0 Å². The molecule has 0 bridgehead atoms. The van der Waals surface area contributed by atoms with Gasteiger partial charge in [0.1, 0.15) is 0 Å². The van der Waals surface area contributed by atoms with Crippen LogP contribution in [0.25, 0.3) is 0 Å². The van der Waals surface area contributed by atoms with E-state index in [4.69, 9.17) is 18.6 Å². The summed E-state index contributed by atoms with van der Waals surface area (Å²) in [5.41, 5.74) is 0. The predicted molar refractivity (Wildman–Crippen MR) is 79.2 cm³/mol. The Bertz CT molecular complexity index is 162. The molecule has 0 atom stereocenters. The Morgan fingerprint density at radius 3 is 0.652 bits per heavy atom. The molecule has 23 heavy (non-hydrogen) atoms.